The molecule has 0 unspecified atom stereocenters. The van der Waals surface area contributed by atoms with E-state index in [0.717, 1.165) is 30.2 Å². The van der Waals surface area contributed by atoms with Crippen LogP contribution in [-0.2, 0) is 11.3 Å². The van der Waals surface area contributed by atoms with Crippen molar-refractivity contribution in [3.63, 3.8) is 0 Å². The van der Waals surface area contributed by atoms with Crippen LogP contribution in [0, 0.1) is 0 Å². The van der Waals surface area contributed by atoms with E-state index in [4.69, 9.17) is 9.47 Å². The zero-order chi connectivity index (χ0) is 14.7. The van der Waals surface area contributed by atoms with Crippen molar-refractivity contribution < 1.29 is 19.2 Å². The van der Waals surface area contributed by atoms with Crippen LogP contribution in [0.15, 0.2) is 18.2 Å². The molecule has 0 spiro atoms. The highest BCUT2D eigenvalue weighted by Crippen LogP contribution is 2.32. The van der Waals surface area contributed by atoms with Crippen LogP contribution in [0.4, 0.5) is 0 Å². The molecule has 1 aromatic carbocycles. The molecule has 0 aromatic heterocycles. The Kier molecular flexibility index (Phi) is 4.29. The number of quaternary nitrogens is 1. The SMILES string of the molecule is CC(=O)N(CC[NH+]1CCCC1)Cc1ccc2c(c1)OCO2. The summed E-state index contributed by atoms with van der Waals surface area (Å²) in [5, 5.41) is 0. The Bertz CT molecular complexity index is 512. The van der Waals surface area contributed by atoms with Gasteiger partial charge in [-0.1, -0.05) is 6.07 Å². The zero-order valence-corrected chi connectivity index (χ0v) is 12.6. The van der Waals surface area contributed by atoms with Crippen LogP contribution in [0.3, 0.4) is 0 Å². The van der Waals surface area contributed by atoms with Gasteiger partial charge in [-0.05, 0) is 17.7 Å². The average Bonchev–Trinajstić information content (AvgIpc) is 3.13. The minimum atomic E-state index is 0.131. The molecule has 21 heavy (non-hydrogen) atoms. The predicted molar refractivity (Wildman–Crippen MR) is 78.5 cm³/mol. The van der Waals surface area contributed by atoms with Crippen molar-refractivity contribution in [2.75, 3.05) is 33.0 Å². The molecule has 0 bridgehead atoms. The molecule has 1 saturated heterocycles. The Balaban J connectivity index is 1.60. The van der Waals surface area contributed by atoms with Crippen molar-refractivity contribution in [2.24, 2.45) is 0 Å². The molecule has 3 rings (SSSR count). The van der Waals surface area contributed by atoms with Crippen LogP contribution in [-0.4, -0.2) is 43.8 Å². The van der Waals surface area contributed by atoms with Gasteiger partial charge in [0.05, 0.1) is 26.2 Å². The maximum Gasteiger partial charge on any atom is 0.231 e. The highest BCUT2D eigenvalue weighted by atomic mass is 16.7. The molecule has 114 valence electrons. The number of hydrogen-bond acceptors (Lipinski definition) is 3. The Morgan fingerprint density at radius 2 is 2.00 bits per heavy atom. The first-order chi connectivity index (χ1) is 10.2. The molecule has 0 saturated carbocycles. The van der Waals surface area contributed by atoms with Gasteiger partial charge in [0.25, 0.3) is 0 Å². The summed E-state index contributed by atoms with van der Waals surface area (Å²) in [6.07, 6.45) is 2.63. The first-order valence-corrected chi connectivity index (χ1v) is 7.70. The van der Waals surface area contributed by atoms with E-state index in [1.54, 1.807) is 11.8 Å². The van der Waals surface area contributed by atoms with Crippen LogP contribution < -0.4 is 14.4 Å². The van der Waals surface area contributed by atoms with E-state index >= 15 is 0 Å². The summed E-state index contributed by atoms with van der Waals surface area (Å²) in [4.78, 5) is 15.4. The number of benzene rings is 1. The second-order valence-corrected chi connectivity index (χ2v) is 5.84. The predicted octanol–water partition coefficient (Wildman–Crippen LogP) is 0.443. The van der Waals surface area contributed by atoms with Crippen molar-refractivity contribution in [3.8, 4) is 11.5 Å². The third-order valence-corrected chi connectivity index (χ3v) is 4.30. The van der Waals surface area contributed by atoms with E-state index < -0.39 is 0 Å². The molecule has 0 atom stereocenters. The summed E-state index contributed by atoms with van der Waals surface area (Å²) < 4.78 is 10.7. The fraction of sp³-hybridized carbons (Fsp3) is 0.562. The molecule has 2 aliphatic rings. The molecular formula is C16H23N2O3+. The summed E-state index contributed by atoms with van der Waals surface area (Å²) in [5.41, 5.74) is 1.09. The third-order valence-electron chi connectivity index (χ3n) is 4.30. The van der Waals surface area contributed by atoms with Gasteiger partial charge >= 0.3 is 0 Å². The standard InChI is InChI=1S/C16H22N2O3/c1-13(19)18(9-8-17-6-2-3-7-17)11-14-4-5-15-16(10-14)21-12-20-15/h4-5,10H,2-3,6-9,11-12H2,1H3/p+1. The van der Waals surface area contributed by atoms with Gasteiger partial charge in [0.15, 0.2) is 11.5 Å². The number of carbonyl (C=O) groups excluding carboxylic acids is 1. The van der Waals surface area contributed by atoms with E-state index in [1.165, 1.54) is 25.9 Å². The lowest BCUT2D eigenvalue weighted by Gasteiger charge is -2.23. The van der Waals surface area contributed by atoms with E-state index in [-0.39, 0.29) is 12.7 Å². The van der Waals surface area contributed by atoms with Gasteiger partial charge in [-0.3, -0.25) is 4.79 Å². The topological polar surface area (TPSA) is 43.2 Å². The van der Waals surface area contributed by atoms with Crippen LogP contribution in [0.25, 0.3) is 0 Å². The fourth-order valence-corrected chi connectivity index (χ4v) is 3.03. The number of nitrogens with zero attached hydrogens (tertiary/aromatic N) is 1. The Labute approximate surface area is 125 Å². The normalized spacial score (nSPS) is 17.2. The van der Waals surface area contributed by atoms with Gasteiger partial charge in [-0.25, -0.2) is 0 Å². The molecule has 5 heteroatoms. The minimum Gasteiger partial charge on any atom is -0.454 e. The zero-order valence-electron chi connectivity index (χ0n) is 12.6. The number of hydrogen-bond donors (Lipinski definition) is 1. The molecule has 2 aliphatic heterocycles. The van der Waals surface area contributed by atoms with Crippen LogP contribution in [0.5, 0.6) is 11.5 Å². The van der Waals surface area contributed by atoms with Gasteiger partial charge in [-0.15, -0.1) is 0 Å². The maximum atomic E-state index is 11.8. The largest absolute Gasteiger partial charge is 0.454 e. The molecule has 1 aromatic rings. The summed E-state index contributed by atoms with van der Waals surface area (Å²) in [6, 6.07) is 5.90. The fourth-order valence-electron chi connectivity index (χ4n) is 3.03. The minimum absolute atomic E-state index is 0.131. The molecule has 5 nitrogen and oxygen atoms in total. The molecule has 1 amide bonds. The number of fused-ring (bicyclic) bond motifs is 1. The van der Waals surface area contributed by atoms with Gasteiger partial charge < -0.3 is 19.3 Å². The van der Waals surface area contributed by atoms with Crippen LogP contribution in [0.1, 0.15) is 25.3 Å². The van der Waals surface area contributed by atoms with Crippen molar-refractivity contribution in [1.29, 1.82) is 0 Å². The quantitative estimate of drug-likeness (QED) is 0.856. The number of likely N-dealkylation sites (tertiary alicyclic amines) is 1. The number of rotatable bonds is 5. The van der Waals surface area contributed by atoms with Crippen molar-refractivity contribution in [1.82, 2.24) is 4.90 Å². The third kappa shape index (κ3) is 3.47. The van der Waals surface area contributed by atoms with Gasteiger partial charge in [0.2, 0.25) is 12.7 Å². The lowest BCUT2D eigenvalue weighted by Crippen LogP contribution is -3.10. The number of nitrogens with one attached hydrogen (secondary N) is 1. The molecule has 0 radical (unpaired) electrons. The Hall–Kier alpha value is -1.75. The van der Waals surface area contributed by atoms with E-state index in [9.17, 15) is 4.79 Å². The number of amides is 1. The van der Waals surface area contributed by atoms with Gasteiger partial charge in [-0.2, -0.15) is 0 Å². The van der Waals surface area contributed by atoms with Gasteiger partial charge in [0.1, 0.15) is 0 Å². The smallest absolute Gasteiger partial charge is 0.231 e. The molecule has 0 aliphatic carbocycles. The molecular weight excluding hydrogens is 268 g/mol. The Morgan fingerprint density at radius 3 is 2.76 bits per heavy atom. The van der Waals surface area contributed by atoms with E-state index in [1.807, 2.05) is 23.1 Å². The van der Waals surface area contributed by atoms with E-state index in [2.05, 4.69) is 0 Å². The Morgan fingerprint density at radius 1 is 1.24 bits per heavy atom. The summed E-state index contributed by atoms with van der Waals surface area (Å²) in [6.45, 7) is 6.92. The summed E-state index contributed by atoms with van der Waals surface area (Å²) in [5.74, 6) is 1.70. The van der Waals surface area contributed by atoms with Gasteiger partial charge in [0, 0.05) is 26.3 Å². The molecule has 1 fully saturated rings. The lowest BCUT2D eigenvalue weighted by atomic mass is 10.2. The average molecular weight is 291 g/mol. The second kappa shape index (κ2) is 6.35. The number of ether oxygens (including phenoxy) is 2. The van der Waals surface area contributed by atoms with E-state index in [0.29, 0.717) is 6.54 Å². The van der Waals surface area contributed by atoms with Crippen molar-refractivity contribution >= 4 is 5.91 Å². The monoisotopic (exact) mass is 291 g/mol. The molecule has 2 heterocycles. The first kappa shape index (κ1) is 14.2. The first-order valence-electron chi connectivity index (χ1n) is 7.70. The van der Waals surface area contributed by atoms with Crippen LogP contribution in [0.2, 0.25) is 0 Å². The summed E-state index contributed by atoms with van der Waals surface area (Å²) in [7, 11) is 0. The van der Waals surface area contributed by atoms with Crippen molar-refractivity contribution in [3.05, 3.63) is 23.8 Å². The maximum absolute atomic E-state index is 11.8. The molecule has 1 N–H and O–H groups in total. The number of carbonyl (C=O) groups is 1. The van der Waals surface area contributed by atoms with Crippen molar-refractivity contribution in [2.45, 2.75) is 26.3 Å². The summed E-state index contributed by atoms with van der Waals surface area (Å²) >= 11 is 0. The highest BCUT2D eigenvalue weighted by Gasteiger charge is 2.19. The lowest BCUT2D eigenvalue weighted by molar-refractivity contribution is -0.886. The highest BCUT2D eigenvalue weighted by molar-refractivity contribution is 5.73. The van der Waals surface area contributed by atoms with Crippen LogP contribution >= 0.6 is 0 Å². The second-order valence-electron chi connectivity index (χ2n) is 5.84.